The Labute approximate surface area is 127 Å². The van der Waals surface area contributed by atoms with Gasteiger partial charge < -0.3 is 9.67 Å². The molecular weight excluding hydrogens is 260 g/mol. The van der Waals surface area contributed by atoms with Crippen LogP contribution < -0.4 is 0 Å². The minimum Gasteiger partial charge on any atom is -0.383 e. The van der Waals surface area contributed by atoms with E-state index >= 15 is 0 Å². The first kappa shape index (κ1) is 14.6. The molecule has 0 bridgehead atoms. The third-order valence-electron chi connectivity index (χ3n) is 4.69. The molecular formula is C18H26N2O. The normalized spacial score (nSPS) is 17.5. The molecule has 3 rings (SSSR count). The molecule has 1 aliphatic rings. The number of aliphatic hydroxyl groups is 1. The van der Waals surface area contributed by atoms with Gasteiger partial charge in [0.2, 0.25) is 0 Å². The lowest BCUT2D eigenvalue weighted by atomic mass is 9.87. The molecule has 1 fully saturated rings. The Kier molecular flexibility index (Phi) is 4.03. The SMILES string of the molecule is CC(C)(O)c1nc2ccccc2n1CCC1CCCCC1. The van der Waals surface area contributed by atoms with Gasteiger partial charge in [-0.15, -0.1) is 0 Å². The fraction of sp³-hybridized carbons (Fsp3) is 0.611. The van der Waals surface area contributed by atoms with Crippen LogP contribution >= 0.6 is 0 Å². The van der Waals surface area contributed by atoms with Crippen molar-refractivity contribution in [2.45, 2.75) is 64.5 Å². The van der Waals surface area contributed by atoms with Gasteiger partial charge in [0, 0.05) is 6.54 Å². The van der Waals surface area contributed by atoms with E-state index in [0.29, 0.717) is 0 Å². The molecule has 21 heavy (non-hydrogen) atoms. The van der Waals surface area contributed by atoms with Crippen LogP contribution in [0.1, 0.15) is 58.2 Å². The zero-order chi connectivity index (χ0) is 14.9. The molecule has 3 nitrogen and oxygen atoms in total. The molecule has 0 amide bonds. The third kappa shape index (κ3) is 3.13. The van der Waals surface area contributed by atoms with Crippen LogP contribution in [0.4, 0.5) is 0 Å². The van der Waals surface area contributed by atoms with Crippen molar-refractivity contribution in [2.24, 2.45) is 5.92 Å². The Balaban J connectivity index is 1.88. The Morgan fingerprint density at radius 1 is 1.19 bits per heavy atom. The monoisotopic (exact) mass is 286 g/mol. The van der Waals surface area contributed by atoms with Crippen LogP contribution in [0.5, 0.6) is 0 Å². The van der Waals surface area contributed by atoms with Gasteiger partial charge in [-0.25, -0.2) is 4.98 Å². The number of hydrogen-bond donors (Lipinski definition) is 1. The number of rotatable bonds is 4. The van der Waals surface area contributed by atoms with E-state index in [1.165, 1.54) is 38.5 Å². The molecule has 2 aromatic rings. The molecule has 0 aliphatic heterocycles. The average Bonchev–Trinajstić information content (AvgIpc) is 2.85. The van der Waals surface area contributed by atoms with Gasteiger partial charge in [-0.3, -0.25) is 0 Å². The van der Waals surface area contributed by atoms with Crippen LogP contribution in [0.25, 0.3) is 11.0 Å². The number of hydrogen-bond acceptors (Lipinski definition) is 2. The third-order valence-corrected chi connectivity index (χ3v) is 4.69. The number of para-hydroxylation sites is 2. The predicted octanol–water partition coefficient (Wildman–Crippen LogP) is 4.23. The van der Waals surface area contributed by atoms with Crippen molar-refractivity contribution >= 4 is 11.0 Å². The summed E-state index contributed by atoms with van der Waals surface area (Å²) in [5, 5.41) is 10.4. The zero-order valence-electron chi connectivity index (χ0n) is 13.2. The Morgan fingerprint density at radius 2 is 1.90 bits per heavy atom. The van der Waals surface area contributed by atoms with E-state index in [9.17, 15) is 5.11 Å². The van der Waals surface area contributed by atoms with Crippen molar-refractivity contribution in [3.8, 4) is 0 Å². The van der Waals surface area contributed by atoms with Crippen LogP contribution in [0, 0.1) is 5.92 Å². The summed E-state index contributed by atoms with van der Waals surface area (Å²) in [5.41, 5.74) is 1.23. The van der Waals surface area contributed by atoms with Gasteiger partial charge in [0.25, 0.3) is 0 Å². The number of fused-ring (bicyclic) bond motifs is 1. The summed E-state index contributed by atoms with van der Waals surface area (Å²) in [4.78, 5) is 4.66. The largest absolute Gasteiger partial charge is 0.383 e. The maximum absolute atomic E-state index is 10.4. The number of aryl methyl sites for hydroxylation is 1. The number of imidazole rings is 1. The van der Waals surface area contributed by atoms with Crippen LogP contribution in [-0.2, 0) is 12.1 Å². The molecule has 1 aliphatic carbocycles. The summed E-state index contributed by atoms with van der Waals surface area (Å²) in [6.45, 7) is 4.61. The lowest BCUT2D eigenvalue weighted by molar-refractivity contribution is 0.0647. The van der Waals surface area contributed by atoms with Crippen molar-refractivity contribution in [2.75, 3.05) is 0 Å². The second-order valence-corrected chi connectivity index (χ2v) is 6.93. The van der Waals surface area contributed by atoms with Gasteiger partial charge in [-0.2, -0.15) is 0 Å². The van der Waals surface area contributed by atoms with Crippen molar-refractivity contribution in [1.29, 1.82) is 0 Å². The van der Waals surface area contributed by atoms with Gasteiger partial charge in [0.1, 0.15) is 11.4 Å². The van der Waals surface area contributed by atoms with Gasteiger partial charge in [0.15, 0.2) is 0 Å². The standard InChI is InChI=1S/C18H26N2O/c1-18(2,21)17-19-15-10-6-7-11-16(15)20(17)13-12-14-8-4-3-5-9-14/h6-7,10-11,14,21H,3-5,8-9,12-13H2,1-2H3. The van der Waals surface area contributed by atoms with E-state index < -0.39 is 5.60 Å². The van der Waals surface area contributed by atoms with Gasteiger partial charge in [-0.05, 0) is 38.3 Å². The topological polar surface area (TPSA) is 38.1 Å². The predicted molar refractivity (Wildman–Crippen MR) is 86.2 cm³/mol. The second-order valence-electron chi connectivity index (χ2n) is 6.93. The first-order chi connectivity index (χ1) is 10.1. The number of aromatic nitrogens is 2. The molecule has 1 N–H and O–H groups in total. The van der Waals surface area contributed by atoms with E-state index in [-0.39, 0.29) is 0 Å². The smallest absolute Gasteiger partial charge is 0.141 e. The molecule has 0 unspecified atom stereocenters. The molecule has 114 valence electrons. The molecule has 0 atom stereocenters. The summed E-state index contributed by atoms with van der Waals surface area (Å²) in [5.74, 6) is 1.63. The van der Waals surface area contributed by atoms with Crippen LogP contribution in [0.15, 0.2) is 24.3 Å². The molecule has 1 aromatic heterocycles. The lowest BCUT2D eigenvalue weighted by Gasteiger charge is -2.24. The fourth-order valence-electron chi connectivity index (χ4n) is 3.56. The van der Waals surface area contributed by atoms with Crippen molar-refractivity contribution in [3.05, 3.63) is 30.1 Å². The van der Waals surface area contributed by atoms with E-state index in [1.807, 2.05) is 26.0 Å². The van der Waals surface area contributed by atoms with E-state index in [2.05, 4.69) is 21.7 Å². The first-order valence-electron chi connectivity index (χ1n) is 8.24. The second kappa shape index (κ2) is 5.80. The number of benzene rings is 1. The number of nitrogens with zero attached hydrogens (tertiary/aromatic N) is 2. The maximum atomic E-state index is 10.4. The molecule has 1 saturated carbocycles. The van der Waals surface area contributed by atoms with Gasteiger partial charge in [0.05, 0.1) is 11.0 Å². The molecule has 0 radical (unpaired) electrons. The first-order valence-corrected chi connectivity index (χ1v) is 8.24. The highest BCUT2D eigenvalue weighted by Crippen LogP contribution is 2.29. The molecule has 1 aromatic carbocycles. The van der Waals surface area contributed by atoms with Crippen molar-refractivity contribution in [1.82, 2.24) is 9.55 Å². The van der Waals surface area contributed by atoms with Crippen LogP contribution in [-0.4, -0.2) is 14.7 Å². The fourth-order valence-corrected chi connectivity index (χ4v) is 3.56. The van der Waals surface area contributed by atoms with Crippen molar-refractivity contribution < 1.29 is 5.11 Å². The maximum Gasteiger partial charge on any atom is 0.141 e. The molecule has 1 heterocycles. The summed E-state index contributed by atoms with van der Waals surface area (Å²) in [6.07, 6.45) is 8.10. The van der Waals surface area contributed by atoms with Crippen LogP contribution in [0.3, 0.4) is 0 Å². The summed E-state index contributed by atoms with van der Waals surface area (Å²) in [6, 6.07) is 8.20. The Hall–Kier alpha value is -1.35. The van der Waals surface area contributed by atoms with E-state index in [4.69, 9.17) is 0 Å². The summed E-state index contributed by atoms with van der Waals surface area (Å²) >= 11 is 0. The quantitative estimate of drug-likeness (QED) is 0.913. The van der Waals surface area contributed by atoms with Crippen LogP contribution in [0.2, 0.25) is 0 Å². The molecule has 3 heteroatoms. The van der Waals surface area contributed by atoms with Gasteiger partial charge >= 0.3 is 0 Å². The minimum atomic E-state index is -0.897. The Bertz CT molecular complexity index is 603. The molecule has 0 spiro atoms. The summed E-state index contributed by atoms with van der Waals surface area (Å²) in [7, 11) is 0. The average molecular weight is 286 g/mol. The zero-order valence-corrected chi connectivity index (χ0v) is 13.2. The van der Waals surface area contributed by atoms with E-state index in [1.54, 1.807) is 0 Å². The van der Waals surface area contributed by atoms with Crippen molar-refractivity contribution in [3.63, 3.8) is 0 Å². The highest BCUT2D eigenvalue weighted by Gasteiger charge is 2.25. The molecule has 0 saturated heterocycles. The minimum absolute atomic E-state index is 0.791. The summed E-state index contributed by atoms with van der Waals surface area (Å²) < 4.78 is 2.23. The van der Waals surface area contributed by atoms with Gasteiger partial charge in [-0.1, -0.05) is 44.2 Å². The Morgan fingerprint density at radius 3 is 2.62 bits per heavy atom. The highest BCUT2D eigenvalue weighted by atomic mass is 16.3. The lowest BCUT2D eigenvalue weighted by Crippen LogP contribution is -2.23. The highest BCUT2D eigenvalue weighted by molar-refractivity contribution is 5.76. The van der Waals surface area contributed by atoms with E-state index in [0.717, 1.165) is 29.3 Å².